The van der Waals surface area contributed by atoms with Gasteiger partial charge < -0.3 is 30.9 Å². The molecular formula is C17H22N6O3. The molecule has 1 saturated carbocycles. The summed E-state index contributed by atoms with van der Waals surface area (Å²) in [4.78, 5) is 33.1. The third kappa shape index (κ3) is 2.55. The van der Waals surface area contributed by atoms with Crippen LogP contribution in [0.15, 0.2) is 11.0 Å². The highest BCUT2D eigenvalue weighted by Gasteiger charge is 2.30. The number of carbonyl (C=O) groups is 1. The van der Waals surface area contributed by atoms with E-state index in [2.05, 4.69) is 21.8 Å². The third-order valence-corrected chi connectivity index (χ3v) is 5.19. The first-order valence-corrected chi connectivity index (χ1v) is 8.69. The molecule has 26 heavy (non-hydrogen) atoms. The fourth-order valence-corrected chi connectivity index (χ4v) is 3.44. The molecule has 9 nitrogen and oxygen atoms in total. The van der Waals surface area contributed by atoms with Gasteiger partial charge in [0.2, 0.25) is 5.43 Å². The van der Waals surface area contributed by atoms with Gasteiger partial charge in [-0.2, -0.15) is 0 Å². The number of likely N-dealkylation sites (N-methyl/N-ethyl adjacent to an activating group) is 1. The summed E-state index contributed by atoms with van der Waals surface area (Å²) >= 11 is 0. The van der Waals surface area contributed by atoms with E-state index in [4.69, 9.17) is 11.5 Å². The topological polar surface area (TPSA) is 131 Å². The van der Waals surface area contributed by atoms with Crippen LogP contribution in [0.5, 0.6) is 0 Å². The number of fused-ring (bicyclic) bond motifs is 1. The average Bonchev–Trinajstić information content (AvgIpc) is 3.43. The van der Waals surface area contributed by atoms with Crippen LogP contribution in [0.2, 0.25) is 0 Å². The Bertz CT molecular complexity index is 957. The van der Waals surface area contributed by atoms with Crippen LogP contribution < -0.4 is 21.8 Å². The minimum absolute atomic E-state index is 0.104. The molecule has 0 unspecified atom stereocenters. The van der Waals surface area contributed by atoms with Gasteiger partial charge in [0.15, 0.2) is 5.82 Å². The smallest absolute Gasteiger partial charge is 0.341 e. The van der Waals surface area contributed by atoms with Gasteiger partial charge in [-0.1, -0.05) is 0 Å². The Kier molecular flexibility index (Phi) is 3.76. The van der Waals surface area contributed by atoms with Crippen molar-refractivity contribution in [3.63, 3.8) is 0 Å². The van der Waals surface area contributed by atoms with E-state index >= 15 is 0 Å². The second-order valence-corrected chi connectivity index (χ2v) is 7.07. The fourth-order valence-electron chi connectivity index (χ4n) is 3.44. The Hall–Kier alpha value is -2.81. The lowest BCUT2D eigenvalue weighted by molar-refractivity contribution is 0.0695. The molecule has 3 heterocycles. The molecular weight excluding hydrogens is 336 g/mol. The van der Waals surface area contributed by atoms with Crippen LogP contribution in [0.3, 0.4) is 0 Å². The lowest BCUT2D eigenvalue weighted by atomic mass is 10.1. The summed E-state index contributed by atoms with van der Waals surface area (Å²) in [5.41, 5.74) is 12.3. The molecule has 2 aromatic rings. The molecule has 5 N–H and O–H groups in total. The Morgan fingerprint density at radius 3 is 2.42 bits per heavy atom. The maximum absolute atomic E-state index is 12.7. The van der Waals surface area contributed by atoms with Crippen LogP contribution in [0.1, 0.15) is 29.2 Å². The predicted molar refractivity (Wildman–Crippen MR) is 99.8 cm³/mol. The van der Waals surface area contributed by atoms with Crippen molar-refractivity contribution in [3.8, 4) is 0 Å². The number of hydrogen-bond donors (Lipinski definition) is 3. The highest BCUT2D eigenvalue weighted by Crippen LogP contribution is 2.39. The molecule has 0 amide bonds. The van der Waals surface area contributed by atoms with Crippen molar-refractivity contribution in [1.82, 2.24) is 14.5 Å². The number of nitrogens with zero attached hydrogens (tertiary/aromatic N) is 4. The van der Waals surface area contributed by atoms with Gasteiger partial charge in [-0.05, 0) is 19.9 Å². The van der Waals surface area contributed by atoms with Gasteiger partial charge in [0, 0.05) is 38.4 Å². The van der Waals surface area contributed by atoms with Crippen molar-refractivity contribution in [2.75, 3.05) is 49.6 Å². The number of piperazine rings is 1. The molecule has 0 spiro atoms. The molecule has 1 aliphatic carbocycles. The van der Waals surface area contributed by atoms with E-state index in [-0.39, 0.29) is 28.4 Å². The number of aromatic nitrogens is 2. The van der Waals surface area contributed by atoms with Crippen LogP contribution in [0.4, 0.5) is 17.2 Å². The summed E-state index contributed by atoms with van der Waals surface area (Å²) in [6, 6.07) is 0.145. The number of carboxylic acids is 1. The molecule has 0 aromatic carbocycles. The average molecular weight is 358 g/mol. The zero-order valence-corrected chi connectivity index (χ0v) is 14.6. The lowest BCUT2D eigenvalue weighted by Crippen LogP contribution is -2.45. The van der Waals surface area contributed by atoms with Crippen LogP contribution in [-0.2, 0) is 0 Å². The van der Waals surface area contributed by atoms with Crippen molar-refractivity contribution in [2.24, 2.45) is 0 Å². The van der Waals surface area contributed by atoms with Crippen LogP contribution in [0, 0.1) is 0 Å². The Balaban J connectivity index is 1.96. The van der Waals surface area contributed by atoms with Gasteiger partial charge in [0.1, 0.15) is 11.2 Å². The Morgan fingerprint density at radius 1 is 1.19 bits per heavy atom. The normalized spacial score (nSPS) is 18.4. The van der Waals surface area contributed by atoms with Gasteiger partial charge in [0.05, 0.1) is 16.8 Å². The number of pyridine rings is 2. The van der Waals surface area contributed by atoms with E-state index in [1.54, 1.807) is 4.57 Å². The largest absolute Gasteiger partial charge is 0.477 e. The van der Waals surface area contributed by atoms with E-state index in [9.17, 15) is 14.7 Å². The van der Waals surface area contributed by atoms with Crippen LogP contribution in [-0.4, -0.2) is 58.8 Å². The van der Waals surface area contributed by atoms with Gasteiger partial charge in [-0.25, -0.2) is 9.78 Å². The quantitative estimate of drug-likeness (QED) is 0.716. The molecule has 1 aliphatic heterocycles. The van der Waals surface area contributed by atoms with Crippen LogP contribution >= 0.6 is 0 Å². The van der Waals surface area contributed by atoms with Gasteiger partial charge >= 0.3 is 5.97 Å². The van der Waals surface area contributed by atoms with E-state index < -0.39 is 11.4 Å². The van der Waals surface area contributed by atoms with Gasteiger partial charge in [-0.15, -0.1) is 0 Å². The summed E-state index contributed by atoms with van der Waals surface area (Å²) in [7, 11) is 2.06. The zero-order chi connectivity index (χ0) is 18.6. The minimum Gasteiger partial charge on any atom is -0.477 e. The first kappa shape index (κ1) is 16.6. The number of nitrogens with two attached hydrogens (primary N) is 2. The Labute approximate surface area is 149 Å². The predicted octanol–water partition coefficient (Wildman–Crippen LogP) is 0.346. The second-order valence-electron chi connectivity index (χ2n) is 7.07. The number of anilines is 3. The number of nitrogen functional groups attached to an aromatic ring is 2. The van der Waals surface area contributed by atoms with E-state index in [1.165, 1.54) is 6.20 Å². The second kappa shape index (κ2) is 5.87. The molecule has 2 aliphatic rings. The van der Waals surface area contributed by atoms with E-state index in [0.29, 0.717) is 11.5 Å². The number of rotatable bonds is 3. The number of carboxylic acid groups (broad SMARTS) is 1. The summed E-state index contributed by atoms with van der Waals surface area (Å²) in [6.45, 7) is 3.29. The maximum Gasteiger partial charge on any atom is 0.341 e. The molecule has 4 rings (SSSR count). The van der Waals surface area contributed by atoms with Gasteiger partial charge in [-0.3, -0.25) is 4.79 Å². The first-order valence-electron chi connectivity index (χ1n) is 8.69. The summed E-state index contributed by atoms with van der Waals surface area (Å²) in [6.07, 6.45) is 3.24. The SMILES string of the molecule is CN1CCN(c2nc3c(c(N)c2N)c(=O)c(C(=O)O)cn3C2CC2)CC1. The van der Waals surface area contributed by atoms with Crippen molar-refractivity contribution < 1.29 is 9.90 Å². The third-order valence-electron chi connectivity index (χ3n) is 5.19. The maximum atomic E-state index is 12.7. The van der Waals surface area contributed by atoms with Crippen molar-refractivity contribution in [3.05, 3.63) is 22.0 Å². The molecule has 9 heteroatoms. The van der Waals surface area contributed by atoms with Crippen molar-refractivity contribution in [2.45, 2.75) is 18.9 Å². The van der Waals surface area contributed by atoms with Crippen LogP contribution in [0.25, 0.3) is 11.0 Å². The van der Waals surface area contributed by atoms with Crippen molar-refractivity contribution in [1.29, 1.82) is 0 Å². The van der Waals surface area contributed by atoms with E-state index in [1.807, 2.05) is 0 Å². The molecule has 1 saturated heterocycles. The molecule has 0 radical (unpaired) electrons. The molecule has 0 atom stereocenters. The molecule has 0 bridgehead atoms. The zero-order valence-electron chi connectivity index (χ0n) is 14.6. The van der Waals surface area contributed by atoms with Crippen molar-refractivity contribution >= 4 is 34.2 Å². The first-order chi connectivity index (χ1) is 12.4. The molecule has 2 fully saturated rings. The molecule has 2 aromatic heterocycles. The van der Waals surface area contributed by atoms with E-state index in [0.717, 1.165) is 39.0 Å². The highest BCUT2D eigenvalue weighted by atomic mass is 16.4. The fraction of sp³-hybridized carbons (Fsp3) is 0.471. The monoisotopic (exact) mass is 358 g/mol. The highest BCUT2D eigenvalue weighted by molar-refractivity contribution is 6.02. The minimum atomic E-state index is -1.27. The van der Waals surface area contributed by atoms with Gasteiger partial charge in [0.25, 0.3) is 0 Å². The molecule has 138 valence electrons. The number of hydrogen-bond acceptors (Lipinski definition) is 7. The summed E-state index contributed by atoms with van der Waals surface area (Å²) in [5.74, 6) is -0.701. The lowest BCUT2D eigenvalue weighted by Gasteiger charge is -2.34. The summed E-state index contributed by atoms with van der Waals surface area (Å²) < 4.78 is 1.77. The standard InChI is InChI=1S/C17H22N6O3/c1-21-4-6-22(7-5-21)16-13(19)12(18)11-14(24)10(17(25)26)8-23(9-2-3-9)15(11)20-16/h8-9H,2-7,19H2,1H3,(H2,18,20)(H,25,26). The summed E-state index contributed by atoms with van der Waals surface area (Å²) in [5, 5.41) is 9.48. The number of aromatic carboxylic acids is 1. The Morgan fingerprint density at radius 2 is 1.85 bits per heavy atom.